The average molecular weight is 432 g/mol. The summed E-state index contributed by atoms with van der Waals surface area (Å²) in [5, 5.41) is 6.60. The molecule has 2 heterocycles. The fourth-order valence-electron chi connectivity index (χ4n) is 3.31. The van der Waals surface area contributed by atoms with Crippen LogP contribution in [0.2, 0.25) is 0 Å². The van der Waals surface area contributed by atoms with Crippen molar-refractivity contribution in [2.24, 2.45) is 0 Å². The number of anilines is 1. The first-order valence-corrected chi connectivity index (χ1v) is 11.1. The lowest BCUT2D eigenvalue weighted by Crippen LogP contribution is -2.31. The highest BCUT2D eigenvalue weighted by molar-refractivity contribution is 7.13. The van der Waals surface area contributed by atoms with E-state index in [0.29, 0.717) is 18.9 Å². The fraction of sp³-hybridized carbons (Fsp3) is 0.208. The van der Waals surface area contributed by atoms with Crippen LogP contribution in [0.1, 0.15) is 23.1 Å². The molecule has 2 aromatic carbocycles. The molecule has 158 valence electrons. The van der Waals surface area contributed by atoms with E-state index in [2.05, 4.69) is 39.2 Å². The van der Waals surface area contributed by atoms with Crippen LogP contribution in [0.4, 0.5) is 5.69 Å². The number of amides is 1. The Balaban J connectivity index is 1.64. The van der Waals surface area contributed by atoms with Crippen molar-refractivity contribution in [3.05, 3.63) is 83.5 Å². The van der Waals surface area contributed by atoms with Gasteiger partial charge in [0, 0.05) is 32.9 Å². The molecule has 0 radical (unpaired) electrons. The van der Waals surface area contributed by atoms with Crippen molar-refractivity contribution in [1.29, 1.82) is 0 Å². The number of aromatic nitrogens is 3. The molecular weight excluding hydrogens is 406 g/mol. The van der Waals surface area contributed by atoms with Crippen LogP contribution in [0.3, 0.4) is 0 Å². The van der Waals surface area contributed by atoms with Gasteiger partial charge >= 0.3 is 0 Å². The summed E-state index contributed by atoms with van der Waals surface area (Å²) >= 11 is 1.58. The van der Waals surface area contributed by atoms with E-state index in [1.807, 2.05) is 68.9 Å². The zero-order chi connectivity index (χ0) is 21.8. The molecule has 0 unspecified atom stereocenters. The van der Waals surface area contributed by atoms with E-state index >= 15 is 0 Å². The molecular formula is C24H25N5OS. The van der Waals surface area contributed by atoms with Gasteiger partial charge in [-0.15, -0.1) is 16.4 Å². The Morgan fingerprint density at radius 3 is 2.35 bits per heavy atom. The zero-order valence-electron chi connectivity index (χ0n) is 17.9. The van der Waals surface area contributed by atoms with Crippen LogP contribution in [0.25, 0.3) is 16.4 Å². The van der Waals surface area contributed by atoms with Gasteiger partial charge in [0.05, 0.1) is 10.6 Å². The van der Waals surface area contributed by atoms with Crippen LogP contribution >= 0.6 is 11.3 Å². The van der Waals surface area contributed by atoms with Crippen molar-refractivity contribution in [1.82, 2.24) is 19.7 Å². The van der Waals surface area contributed by atoms with Crippen LogP contribution in [-0.2, 0) is 6.54 Å². The SMILES string of the molecule is CCN(Cc1ccc(N(C)C)cc1)C(=O)c1nc(-c2cccs2)n(-c2ccccc2)n1. The van der Waals surface area contributed by atoms with Crippen LogP contribution in [0, 0.1) is 0 Å². The van der Waals surface area contributed by atoms with Gasteiger partial charge in [-0.05, 0) is 48.2 Å². The molecule has 6 nitrogen and oxygen atoms in total. The summed E-state index contributed by atoms with van der Waals surface area (Å²) in [6, 6.07) is 22.0. The van der Waals surface area contributed by atoms with Gasteiger partial charge in [0.2, 0.25) is 5.82 Å². The Morgan fingerprint density at radius 2 is 1.74 bits per heavy atom. The maximum absolute atomic E-state index is 13.3. The number of hydrogen-bond donors (Lipinski definition) is 0. The van der Waals surface area contributed by atoms with E-state index in [1.165, 1.54) is 0 Å². The molecule has 0 N–H and O–H groups in total. The van der Waals surface area contributed by atoms with E-state index in [0.717, 1.165) is 21.8 Å². The van der Waals surface area contributed by atoms with E-state index < -0.39 is 0 Å². The van der Waals surface area contributed by atoms with Crippen molar-refractivity contribution in [3.8, 4) is 16.4 Å². The van der Waals surface area contributed by atoms with Crippen molar-refractivity contribution >= 4 is 22.9 Å². The number of carbonyl (C=O) groups is 1. The summed E-state index contributed by atoms with van der Waals surface area (Å²) in [6.07, 6.45) is 0. The van der Waals surface area contributed by atoms with Crippen molar-refractivity contribution in [2.75, 3.05) is 25.5 Å². The number of carbonyl (C=O) groups excluding carboxylic acids is 1. The standard InChI is InChI=1S/C24H25N5OS/c1-4-28(17-18-12-14-19(15-13-18)27(2)3)24(30)22-25-23(21-11-8-16-31-21)29(26-22)20-9-6-5-7-10-20/h5-16H,4,17H2,1-3H3. The Morgan fingerprint density at radius 1 is 1.00 bits per heavy atom. The maximum atomic E-state index is 13.3. The van der Waals surface area contributed by atoms with Gasteiger partial charge in [-0.2, -0.15) is 0 Å². The first-order chi connectivity index (χ1) is 15.1. The Hall–Kier alpha value is -3.45. The molecule has 0 fully saturated rings. The lowest BCUT2D eigenvalue weighted by Gasteiger charge is -2.20. The Kier molecular flexibility index (Phi) is 6.13. The molecule has 1 amide bonds. The van der Waals surface area contributed by atoms with E-state index in [9.17, 15) is 4.79 Å². The molecule has 0 atom stereocenters. The minimum atomic E-state index is -0.174. The van der Waals surface area contributed by atoms with Gasteiger partial charge in [-0.25, -0.2) is 9.67 Å². The highest BCUT2D eigenvalue weighted by atomic mass is 32.1. The van der Waals surface area contributed by atoms with E-state index in [1.54, 1.807) is 20.9 Å². The second-order valence-corrected chi connectivity index (χ2v) is 8.31. The van der Waals surface area contributed by atoms with Gasteiger partial charge in [0.1, 0.15) is 0 Å². The van der Waals surface area contributed by atoms with Crippen LogP contribution in [0.5, 0.6) is 0 Å². The summed E-state index contributed by atoms with van der Waals surface area (Å²) < 4.78 is 1.75. The quantitative estimate of drug-likeness (QED) is 0.425. The van der Waals surface area contributed by atoms with Crippen LogP contribution < -0.4 is 4.90 Å². The summed E-state index contributed by atoms with van der Waals surface area (Å²) in [5.74, 6) is 0.710. The Bertz CT molecular complexity index is 1130. The Labute approximate surface area is 186 Å². The minimum absolute atomic E-state index is 0.174. The summed E-state index contributed by atoms with van der Waals surface area (Å²) in [6.45, 7) is 3.06. The number of rotatable bonds is 7. The average Bonchev–Trinajstić information content (AvgIpc) is 3.48. The number of thiophene rings is 1. The topological polar surface area (TPSA) is 54.3 Å². The highest BCUT2D eigenvalue weighted by Crippen LogP contribution is 2.26. The lowest BCUT2D eigenvalue weighted by molar-refractivity contribution is 0.0740. The molecule has 0 aliphatic carbocycles. The largest absolute Gasteiger partial charge is 0.378 e. The maximum Gasteiger partial charge on any atom is 0.293 e. The second-order valence-electron chi connectivity index (χ2n) is 7.36. The normalized spacial score (nSPS) is 10.8. The van der Waals surface area contributed by atoms with Crippen molar-refractivity contribution in [2.45, 2.75) is 13.5 Å². The third-order valence-corrected chi connectivity index (χ3v) is 5.90. The lowest BCUT2D eigenvalue weighted by atomic mass is 10.2. The molecule has 4 aromatic rings. The first kappa shape index (κ1) is 20.8. The predicted octanol–water partition coefficient (Wildman–Crippen LogP) is 4.72. The third kappa shape index (κ3) is 4.51. The predicted molar refractivity (Wildman–Crippen MR) is 126 cm³/mol. The molecule has 7 heteroatoms. The monoisotopic (exact) mass is 431 g/mol. The molecule has 31 heavy (non-hydrogen) atoms. The van der Waals surface area contributed by atoms with Crippen LogP contribution in [0.15, 0.2) is 72.1 Å². The number of benzene rings is 2. The zero-order valence-corrected chi connectivity index (χ0v) is 18.7. The highest BCUT2D eigenvalue weighted by Gasteiger charge is 2.23. The number of nitrogens with zero attached hydrogens (tertiary/aromatic N) is 5. The molecule has 0 aliphatic rings. The summed E-state index contributed by atoms with van der Waals surface area (Å²) in [4.78, 5) is 22.7. The molecule has 0 aliphatic heterocycles. The summed E-state index contributed by atoms with van der Waals surface area (Å²) in [5.41, 5.74) is 3.07. The van der Waals surface area contributed by atoms with Crippen molar-refractivity contribution in [3.63, 3.8) is 0 Å². The fourth-order valence-corrected chi connectivity index (χ4v) is 4.00. The number of hydrogen-bond acceptors (Lipinski definition) is 5. The molecule has 0 saturated carbocycles. The molecule has 0 bridgehead atoms. The molecule has 4 rings (SSSR count). The van der Waals surface area contributed by atoms with Crippen LogP contribution in [-0.4, -0.2) is 46.2 Å². The second kappa shape index (κ2) is 9.14. The minimum Gasteiger partial charge on any atom is -0.378 e. The third-order valence-electron chi connectivity index (χ3n) is 5.04. The van der Waals surface area contributed by atoms with Gasteiger partial charge in [0.15, 0.2) is 5.82 Å². The van der Waals surface area contributed by atoms with Gasteiger partial charge in [-0.1, -0.05) is 36.4 Å². The van der Waals surface area contributed by atoms with E-state index in [4.69, 9.17) is 0 Å². The van der Waals surface area contributed by atoms with Gasteiger partial charge in [0.25, 0.3) is 5.91 Å². The van der Waals surface area contributed by atoms with Crippen molar-refractivity contribution < 1.29 is 4.79 Å². The smallest absolute Gasteiger partial charge is 0.293 e. The molecule has 0 saturated heterocycles. The molecule has 0 spiro atoms. The van der Waals surface area contributed by atoms with Gasteiger partial charge in [-0.3, -0.25) is 4.79 Å². The molecule has 2 aromatic heterocycles. The van der Waals surface area contributed by atoms with Gasteiger partial charge < -0.3 is 9.80 Å². The number of para-hydroxylation sites is 1. The summed E-state index contributed by atoms with van der Waals surface area (Å²) in [7, 11) is 4.02. The van der Waals surface area contributed by atoms with E-state index in [-0.39, 0.29) is 11.7 Å². The first-order valence-electron chi connectivity index (χ1n) is 10.2.